The van der Waals surface area contributed by atoms with Crippen molar-refractivity contribution in [3.8, 4) is 11.1 Å². The molecule has 5 rings (SSSR count). The van der Waals surface area contributed by atoms with Crippen LogP contribution >= 0.6 is 7.26 Å². The van der Waals surface area contributed by atoms with E-state index in [1.807, 2.05) is 12.3 Å². The predicted molar refractivity (Wildman–Crippen MR) is 139 cm³/mol. The van der Waals surface area contributed by atoms with Gasteiger partial charge in [-0.15, -0.1) is 0 Å². The summed E-state index contributed by atoms with van der Waals surface area (Å²) in [6.45, 7) is 0. The number of benzene rings is 4. The van der Waals surface area contributed by atoms with Crippen molar-refractivity contribution in [2.75, 3.05) is 0 Å². The molecule has 0 spiro atoms. The van der Waals surface area contributed by atoms with E-state index in [4.69, 9.17) is 4.98 Å². The molecule has 154 valence electrons. The Hall–Kier alpha value is -3.54. The van der Waals surface area contributed by atoms with Crippen molar-refractivity contribution < 1.29 is 0 Å². The van der Waals surface area contributed by atoms with E-state index in [1.54, 1.807) is 0 Å². The van der Waals surface area contributed by atoms with Crippen LogP contribution in [0.4, 0.5) is 0 Å². The van der Waals surface area contributed by atoms with Crippen molar-refractivity contribution in [1.29, 1.82) is 0 Å². The zero-order chi connectivity index (χ0) is 21.6. The van der Waals surface area contributed by atoms with E-state index in [2.05, 4.69) is 127 Å². The van der Waals surface area contributed by atoms with Crippen LogP contribution in [0.25, 0.3) is 11.1 Å². The van der Waals surface area contributed by atoms with Crippen molar-refractivity contribution in [3.05, 3.63) is 145 Å². The summed E-state index contributed by atoms with van der Waals surface area (Å²) in [5.74, 6) is 0. The fourth-order valence-electron chi connectivity index (χ4n) is 4.33. The zero-order valence-corrected chi connectivity index (χ0v) is 18.8. The SMILES string of the molecule is c1ccc(-c2ccc(C[P+](c3ccccc3)(c3ccccc3)c3ccccc3)nc2)cc1. The highest BCUT2D eigenvalue weighted by Gasteiger charge is 2.45. The molecule has 4 aromatic carbocycles. The first-order valence-corrected chi connectivity index (χ1v) is 12.9. The van der Waals surface area contributed by atoms with Gasteiger partial charge < -0.3 is 0 Å². The summed E-state index contributed by atoms with van der Waals surface area (Å²) in [5, 5.41) is 4.14. The van der Waals surface area contributed by atoms with Crippen molar-refractivity contribution in [2.24, 2.45) is 0 Å². The summed E-state index contributed by atoms with van der Waals surface area (Å²) < 4.78 is 0. The standard InChI is InChI=1S/C30H25NP/c1-5-13-25(14-6-1)26-21-22-27(31-23-26)24-32(28-15-7-2-8-16-28,29-17-9-3-10-18-29)30-19-11-4-12-20-30/h1-23H,24H2/q+1. The van der Waals surface area contributed by atoms with Crippen LogP contribution in [0, 0.1) is 0 Å². The molecule has 0 unspecified atom stereocenters. The Labute approximate surface area is 190 Å². The van der Waals surface area contributed by atoms with Crippen molar-refractivity contribution in [3.63, 3.8) is 0 Å². The number of hydrogen-bond donors (Lipinski definition) is 0. The molecular weight excluding hydrogens is 405 g/mol. The Morgan fingerprint density at radius 2 is 0.875 bits per heavy atom. The molecule has 0 fully saturated rings. The number of rotatable bonds is 6. The van der Waals surface area contributed by atoms with Crippen LogP contribution in [0.5, 0.6) is 0 Å². The van der Waals surface area contributed by atoms with Gasteiger partial charge in [-0.2, -0.15) is 0 Å². The lowest BCUT2D eigenvalue weighted by molar-refractivity contribution is 1.17. The second kappa shape index (κ2) is 9.30. The van der Waals surface area contributed by atoms with Gasteiger partial charge in [0.15, 0.2) is 0 Å². The van der Waals surface area contributed by atoms with Crippen molar-refractivity contribution in [1.82, 2.24) is 4.98 Å². The summed E-state index contributed by atoms with van der Waals surface area (Å²) in [6, 6.07) is 47.8. The first-order valence-electron chi connectivity index (χ1n) is 10.9. The minimum absolute atomic E-state index is 0.889. The third-order valence-electron chi connectivity index (χ3n) is 5.92. The van der Waals surface area contributed by atoms with Crippen LogP contribution in [0.1, 0.15) is 5.69 Å². The Balaban J connectivity index is 1.65. The van der Waals surface area contributed by atoms with Gasteiger partial charge in [-0.1, -0.05) is 91.0 Å². The summed E-state index contributed by atoms with van der Waals surface area (Å²) in [4.78, 5) is 4.94. The lowest BCUT2D eigenvalue weighted by atomic mass is 10.1. The van der Waals surface area contributed by atoms with Crippen LogP contribution in [-0.2, 0) is 6.16 Å². The highest BCUT2D eigenvalue weighted by molar-refractivity contribution is 7.95. The summed E-state index contributed by atoms with van der Waals surface area (Å²) >= 11 is 0. The fourth-order valence-corrected chi connectivity index (χ4v) is 8.49. The van der Waals surface area contributed by atoms with Gasteiger partial charge in [0.2, 0.25) is 0 Å². The first kappa shape index (κ1) is 20.4. The lowest BCUT2D eigenvalue weighted by Crippen LogP contribution is -2.32. The van der Waals surface area contributed by atoms with Gasteiger partial charge >= 0.3 is 0 Å². The Morgan fingerprint density at radius 3 is 1.28 bits per heavy atom. The van der Waals surface area contributed by atoms with E-state index in [-0.39, 0.29) is 0 Å². The Bertz CT molecular complexity index is 1160. The molecule has 2 heteroatoms. The van der Waals surface area contributed by atoms with Crippen LogP contribution < -0.4 is 15.9 Å². The second-order valence-electron chi connectivity index (χ2n) is 7.88. The van der Waals surface area contributed by atoms with Crippen molar-refractivity contribution in [2.45, 2.75) is 6.16 Å². The van der Waals surface area contributed by atoms with Gasteiger partial charge in [0.25, 0.3) is 0 Å². The van der Waals surface area contributed by atoms with E-state index in [0.717, 1.165) is 17.4 Å². The van der Waals surface area contributed by atoms with Gasteiger partial charge in [0.1, 0.15) is 29.3 Å². The van der Waals surface area contributed by atoms with E-state index >= 15 is 0 Å². The smallest absolute Gasteiger partial charge is 0.118 e. The van der Waals surface area contributed by atoms with Crippen LogP contribution in [0.15, 0.2) is 140 Å². The van der Waals surface area contributed by atoms with Crippen LogP contribution in [0.3, 0.4) is 0 Å². The molecule has 0 aliphatic rings. The molecule has 1 heterocycles. The molecule has 5 aromatic rings. The highest BCUT2D eigenvalue weighted by Crippen LogP contribution is 2.57. The van der Waals surface area contributed by atoms with E-state index in [0.29, 0.717) is 0 Å². The zero-order valence-electron chi connectivity index (χ0n) is 17.9. The molecule has 0 bridgehead atoms. The Kier molecular flexibility index (Phi) is 5.92. The topological polar surface area (TPSA) is 12.9 Å². The number of pyridine rings is 1. The highest BCUT2D eigenvalue weighted by atomic mass is 31.2. The monoisotopic (exact) mass is 430 g/mol. The number of aromatic nitrogens is 1. The van der Waals surface area contributed by atoms with Crippen LogP contribution in [-0.4, -0.2) is 4.98 Å². The molecular formula is C30H25NP+. The second-order valence-corrected chi connectivity index (χ2v) is 11.4. The molecule has 0 saturated carbocycles. The van der Waals surface area contributed by atoms with E-state index in [1.165, 1.54) is 21.5 Å². The average molecular weight is 431 g/mol. The maximum absolute atomic E-state index is 4.94. The average Bonchev–Trinajstić information content (AvgIpc) is 2.90. The normalized spacial score (nSPS) is 11.2. The predicted octanol–water partition coefficient (Wildman–Crippen LogP) is 6.24. The maximum atomic E-state index is 4.94. The van der Waals surface area contributed by atoms with Gasteiger partial charge in [-0.3, -0.25) is 4.98 Å². The summed E-state index contributed by atoms with van der Waals surface area (Å²) in [6.07, 6.45) is 2.90. The van der Waals surface area contributed by atoms with E-state index in [9.17, 15) is 0 Å². The van der Waals surface area contributed by atoms with Gasteiger partial charge in [0.05, 0.1) is 5.69 Å². The van der Waals surface area contributed by atoms with Crippen LogP contribution in [0.2, 0.25) is 0 Å². The molecule has 0 N–H and O–H groups in total. The third-order valence-corrected chi connectivity index (χ3v) is 10.3. The number of hydrogen-bond acceptors (Lipinski definition) is 1. The molecule has 0 amide bonds. The molecule has 32 heavy (non-hydrogen) atoms. The molecule has 1 aromatic heterocycles. The molecule has 0 aliphatic carbocycles. The summed E-state index contributed by atoms with van der Waals surface area (Å²) in [7, 11) is -1.92. The minimum atomic E-state index is -1.92. The van der Waals surface area contributed by atoms with Crippen molar-refractivity contribution >= 4 is 23.2 Å². The summed E-state index contributed by atoms with van der Waals surface area (Å²) in [5.41, 5.74) is 3.47. The first-order chi connectivity index (χ1) is 15.9. The quantitative estimate of drug-likeness (QED) is 0.291. The number of nitrogens with zero attached hydrogens (tertiary/aromatic N) is 1. The van der Waals surface area contributed by atoms with E-state index < -0.39 is 7.26 Å². The Morgan fingerprint density at radius 1 is 0.438 bits per heavy atom. The molecule has 0 radical (unpaired) electrons. The third kappa shape index (κ3) is 4.00. The molecule has 1 nitrogen and oxygen atoms in total. The molecule has 0 saturated heterocycles. The minimum Gasteiger partial charge on any atom is -0.257 e. The fraction of sp³-hybridized carbons (Fsp3) is 0.0333. The van der Waals surface area contributed by atoms with Gasteiger partial charge in [-0.25, -0.2) is 0 Å². The maximum Gasteiger partial charge on any atom is 0.118 e. The largest absolute Gasteiger partial charge is 0.257 e. The van der Waals surface area contributed by atoms with Gasteiger partial charge in [0, 0.05) is 11.8 Å². The van der Waals surface area contributed by atoms with Gasteiger partial charge in [-0.05, 0) is 48.0 Å². The molecule has 0 atom stereocenters. The lowest BCUT2D eigenvalue weighted by Gasteiger charge is -2.27. The molecule has 0 aliphatic heterocycles.